The predicted molar refractivity (Wildman–Crippen MR) is 113 cm³/mol. The number of carbonyl (C=O) groups is 2. The Balaban J connectivity index is 1.87. The zero-order valence-electron chi connectivity index (χ0n) is 16.7. The van der Waals surface area contributed by atoms with E-state index in [2.05, 4.69) is 11.1 Å². The van der Waals surface area contributed by atoms with E-state index in [0.717, 1.165) is 31.4 Å². The van der Waals surface area contributed by atoms with Crippen LogP contribution in [-0.4, -0.2) is 45.7 Å². The number of hydrogen-bond acceptors (Lipinski definition) is 6. The number of esters is 1. The summed E-state index contributed by atoms with van der Waals surface area (Å²) in [7, 11) is 1.27. The van der Waals surface area contributed by atoms with Crippen molar-refractivity contribution in [2.75, 3.05) is 19.4 Å². The van der Waals surface area contributed by atoms with Gasteiger partial charge in [0.2, 0.25) is 5.91 Å². The third-order valence-corrected chi connectivity index (χ3v) is 5.86. The van der Waals surface area contributed by atoms with Crippen LogP contribution in [0.15, 0.2) is 46.0 Å². The summed E-state index contributed by atoms with van der Waals surface area (Å²) in [5, 5.41) is 0.760. The van der Waals surface area contributed by atoms with Gasteiger partial charge >= 0.3 is 5.97 Å². The molecule has 0 atom stereocenters. The summed E-state index contributed by atoms with van der Waals surface area (Å²) in [6.45, 7) is 2.32. The molecule has 154 valence electrons. The molecule has 0 saturated heterocycles. The summed E-state index contributed by atoms with van der Waals surface area (Å²) in [4.78, 5) is 43.9. The Morgan fingerprint density at radius 3 is 2.76 bits per heavy atom. The molecule has 0 saturated carbocycles. The number of carbonyl (C=O) groups excluding carboxylic acids is 2. The lowest BCUT2D eigenvalue weighted by Crippen LogP contribution is -2.33. The van der Waals surface area contributed by atoms with Gasteiger partial charge in [0.25, 0.3) is 5.56 Å². The SMILES string of the molecule is CCN(C(=O)CSc1nc2ccccc2c(=O)n1CC(=O)OC)C1=CCCCC1. The summed E-state index contributed by atoms with van der Waals surface area (Å²) >= 11 is 1.17. The maximum absolute atomic E-state index is 12.9. The zero-order chi connectivity index (χ0) is 20.8. The van der Waals surface area contributed by atoms with E-state index >= 15 is 0 Å². The number of allylic oxidation sites excluding steroid dienone is 2. The number of benzene rings is 1. The number of methoxy groups -OCH3 is 1. The maximum Gasteiger partial charge on any atom is 0.325 e. The first-order chi connectivity index (χ1) is 14.0. The van der Waals surface area contributed by atoms with Crippen LogP contribution in [0.3, 0.4) is 0 Å². The highest BCUT2D eigenvalue weighted by atomic mass is 32.2. The van der Waals surface area contributed by atoms with Gasteiger partial charge in [0.1, 0.15) is 6.54 Å². The molecule has 0 aliphatic heterocycles. The summed E-state index contributed by atoms with van der Waals surface area (Å²) in [6, 6.07) is 6.97. The normalized spacial score (nSPS) is 13.8. The van der Waals surface area contributed by atoms with Gasteiger partial charge in [-0.15, -0.1) is 0 Å². The third kappa shape index (κ3) is 4.87. The molecule has 7 nitrogen and oxygen atoms in total. The van der Waals surface area contributed by atoms with Crippen molar-refractivity contribution in [3.8, 4) is 0 Å². The van der Waals surface area contributed by atoms with Gasteiger partial charge in [-0.2, -0.15) is 0 Å². The summed E-state index contributed by atoms with van der Waals surface area (Å²) in [6.07, 6.45) is 6.29. The molecule has 1 aliphatic carbocycles. The molecule has 1 aromatic heterocycles. The molecule has 29 heavy (non-hydrogen) atoms. The number of aromatic nitrogens is 2. The van der Waals surface area contributed by atoms with Crippen molar-refractivity contribution in [1.29, 1.82) is 0 Å². The fourth-order valence-electron chi connectivity index (χ4n) is 3.40. The molecule has 0 bridgehead atoms. The molecule has 1 aromatic carbocycles. The molecule has 1 amide bonds. The highest BCUT2D eigenvalue weighted by Gasteiger charge is 2.20. The van der Waals surface area contributed by atoms with Gasteiger partial charge in [0.05, 0.1) is 23.8 Å². The molecule has 2 aromatic rings. The molecule has 0 fully saturated rings. The van der Waals surface area contributed by atoms with Crippen molar-refractivity contribution in [1.82, 2.24) is 14.5 Å². The average molecular weight is 416 g/mol. The van der Waals surface area contributed by atoms with E-state index in [1.54, 1.807) is 29.2 Å². The molecule has 3 rings (SSSR count). The number of para-hydroxylation sites is 1. The Labute approximate surface area is 173 Å². The molecule has 0 N–H and O–H groups in total. The largest absolute Gasteiger partial charge is 0.468 e. The average Bonchev–Trinajstić information content (AvgIpc) is 2.75. The van der Waals surface area contributed by atoms with Crippen LogP contribution in [0.25, 0.3) is 10.9 Å². The van der Waals surface area contributed by atoms with Gasteiger partial charge in [0, 0.05) is 12.2 Å². The Morgan fingerprint density at radius 2 is 2.07 bits per heavy atom. The van der Waals surface area contributed by atoms with Gasteiger partial charge in [0.15, 0.2) is 5.16 Å². The lowest BCUT2D eigenvalue weighted by atomic mass is 10.0. The number of ether oxygens (including phenoxy) is 1. The van der Waals surface area contributed by atoms with Crippen molar-refractivity contribution >= 4 is 34.5 Å². The van der Waals surface area contributed by atoms with Crippen molar-refractivity contribution in [2.45, 2.75) is 44.3 Å². The first-order valence-corrected chi connectivity index (χ1v) is 10.7. The molecule has 0 spiro atoms. The van der Waals surface area contributed by atoms with Crippen molar-refractivity contribution in [3.63, 3.8) is 0 Å². The second-order valence-electron chi connectivity index (χ2n) is 6.75. The molecule has 0 radical (unpaired) electrons. The Hall–Kier alpha value is -2.61. The number of fused-ring (bicyclic) bond motifs is 1. The number of rotatable bonds is 7. The van der Waals surface area contributed by atoms with Gasteiger partial charge in [-0.25, -0.2) is 4.98 Å². The number of hydrogen-bond donors (Lipinski definition) is 0. The van der Waals surface area contributed by atoms with Crippen molar-refractivity contribution in [2.24, 2.45) is 0 Å². The number of amides is 1. The van der Waals surface area contributed by atoms with E-state index in [0.29, 0.717) is 22.6 Å². The van der Waals surface area contributed by atoms with E-state index < -0.39 is 5.97 Å². The highest BCUT2D eigenvalue weighted by Crippen LogP contribution is 2.23. The van der Waals surface area contributed by atoms with Crippen LogP contribution in [0.1, 0.15) is 32.6 Å². The fraction of sp³-hybridized carbons (Fsp3) is 0.429. The van der Waals surface area contributed by atoms with Gasteiger partial charge in [-0.1, -0.05) is 30.0 Å². The molecule has 8 heteroatoms. The van der Waals surface area contributed by atoms with Crippen LogP contribution in [0, 0.1) is 0 Å². The van der Waals surface area contributed by atoms with Crippen LogP contribution in [0.5, 0.6) is 0 Å². The minimum absolute atomic E-state index is 0.0299. The molecule has 1 aliphatic rings. The number of thioether (sulfide) groups is 1. The van der Waals surface area contributed by atoms with Crippen LogP contribution in [-0.2, 0) is 20.9 Å². The summed E-state index contributed by atoms with van der Waals surface area (Å²) < 4.78 is 6.00. The minimum atomic E-state index is -0.542. The van der Waals surface area contributed by atoms with E-state index in [1.807, 2.05) is 6.92 Å². The smallest absolute Gasteiger partial charge is 0.325 e. The second kappa shape index (κ2) is 9.73. The third-order valence-electron chi connectivity index (χ3n) is 4.90. The van der Waals surface area contributed by atoms with E-state index in [4.69, 9.17) is 4.74 Å². The van der Waals surface area contributed by atoms with E-state index in [9.17, 15) is 14.4 Å². The number of nitrogens with zero attached hydrogens (tertiary/aromatic N) is 3. The van der Waals surface area contributed by atoms with Crippen molar-refractivity contribution < 1.29 is 14.3 Å². The highest BCUT2D eigenvalue weighted by molar-refractivity contribution is 7.99. The lowest BCUT2D eigenvalue weighted by molar-refractivity contribution is -0.141. The van der Waals surface area contributed by atoms with Crippen LogP contribution >= 0.6 is 11.8 Å². The minimum Gasteiger partial charge on any atom is -0.468 e. The van der Waals surface area contributed by atoms with Crippen LogP contribution in [0.2, 0.25) is 0 Å². The predicted octanol–water partition coefficient (Wildman–Crippen LogP) is 2.97. The van der Waals surface area contributed by atoms with Gasteiger partial charge in [-0.05, 0) is 44.7 Å². The second-order valence-corrected chi connectivity index (χ2v) is 7.69. The summed E-state index contributed by atoms with van der Waals surface area (Å²) in [5.74, 6) is -0.436. The molecular formula is C21H25N3O4S. The topological polar surface area (TPSA) is 81.5 Å². The standard InChI is InChI=1S/C21H25N3O4S/c1-3-23(15-9-5-4-6-10-15)18(25)14-29-21-22-17-12-8-7-11-16(17)20(27)24(21)13-19(26)28-2/h7-9,11-12H,3-6,10,13-14H2,1-2H3. The zero-order valence-corrected chi connectivity index (χ0v) is 17.5. The van der Waals surface area contributed by atoms with E-state index in [-0.39, 0.29) is 23.8 Å². The quantitative estimate of drug-likeness (QED) is 0.393. The lowest BCUT2D eigenvalue weighted by Gasteiger charge is -2.26. The maximum atomic E-state index is 12.9. The fourth-order valence-corrected chi connectivity index (χ4v) is 4.28. The van der Waals surface area contributed by atoms with Gasteiger partial charge in [-0.3, -0.25) is 19.0 Å². The molecule has 1 heterocycles. The Bertz CT molecular complexity index is 999. The molecule has 0 unspecified atom stereocenters. The first kappa shape index (κ1) is 21.1. The van der Waals surface area contributed by atoms with Gasteiger partial charge < -0.3 is 9.64 Å². The molecular weight excluding hydrogens is 390 g/mol. The Morgan fingerprint density at radius 1 is 1.28 bits per heavy atom. The summed E-state index contributed by atoms with van der Waals surface area (Å²) in [5.41, 5.74) is 1.29. The Kier molecular flexibility index (Phi) is 7.09. The van der Waals surface area contributed by atoms with Crippen molar-refractivity contribution in [3.05, 3.63) is 46.4 Å². The monoisotopic (exact) mass is 415 g/mol. The first-order valence-electron chi connectivity index (χ1n) is 9.73. The van der Waals surface area contributed by atoms with Crippen LogP contribution < -0.4 is 5.56 Å². The van der Waals surface area contributed by atoms with E-state index in [1.165, 1.54) is 23.4 Å². The van der Waals surface area contributed by atoms with Crippen LogP contribution in [0.4, 0.5) is 0 Å².